The molecule has 0 spiro atoms. The van der Waals surface area contributed by atoms with Gasteiger partial charge >= 0.3 is 0 Å². The van der Waals surface area contributed by atoms with Crippen LogP contribution in [0.25, 0.3) is 0 Å². The molecule has 23 heavy (non-hydrogen) atoms. The van der Waals surface area contributed by atoms with Gasteiger partial charge in [-0.05, 0) is 74.4 Å². The molecule has 1 aromatic carbocycles. The number of nitriles is 1. The van der Waals surface area contributed by atoms with Crippen molar-refractivity contribution in [3.05, 3.63) is 29.3 Å². The fourth-order valence-electron chi connectivity index (χ4n) is 5.71. The van der Waals surface area contributed by atoms with Crippen LogP contribution in [-0.2, 0) is 11.8 Å². The van der Waals surface area contributed by atoms with Crippen molar-refractivity contribution in [3.8, 4) is 11.8 Å². The van der Waals surface area contributed by atoms with E-state index in [0.29, 0.717) is 23.6 Å². The lowest BCUT2D eigenvalue weighted by molar-refractivity contribution is -0.0115. The molecule has 1 saturated heterocycles. The standard InChI is InChI=1S/C20H26N2O/c21-10-3-4-11-22-12-9-20-8-2-1-5-17(20)19(22)13-15-6-7-16(23)14-18(15)20/h6-7,14,17,19,23H,1-5,8-9,11-13H2/t17-,19-,20+/m0/s1. The molecular weight excluding hydrogens is 284 g/mol. The fourth-order valence-corrected chi connectivity index (χ4v) is 5.71. The molecule has 3 aliphatic rings. The molecule has 3 atom stereocenters. The molecule has 2 bridgehead atoms. The average Bonchev–Trinajstić information content (AvgIpc) is 2.57. The fraction of sp³-hybridized carbons (Fsp3) is 0.650. The van der Waals surface area contributed by atoms with Crippen LogP contribution in [0.3, 0.4) is 0 Å². The lowest BCUT2D eigenvalue weighted by atomic mass is 9.52. The van der Waals surface area contributed by atoms with Crippen molar-refractivity contribution < 1.29 is 5.11 Å². The van der Waals surface area contributed by atoms with Gasteiger partial charge in [0.2, 0.25) is 0 Å². The van der Waals surface area contributed by atoms with Gasteiger partial charge in [0, 0.05) is 17.9 Å². The number of phenolic OH excluding ortho intramolecular Hbond substituents is 1. The predicted octanol–water partition coefficient (Wildman–Crippen LogP) is 3.75. The van der Waals surface area contributed by atoms with Gasteiger partial charge in [-0.15, -0.1) is 0 Å². The van der Waals surface area contributed by atoms with Crippen LogP contribution in [-0.4, -0.2) is 29.1 Å². The number of hydrogen-bond acceptors (Lipinski definition) is 3. The summed E-state index contributed by atoms with van der Waals surface area (Å²) in [5.74, 6) is 1.17. The Hall–Kier alpha value is -1.53. The number of fused-ring (bicyclic) bond motifs is 1. The Morgan fingerprint density at radius 3 is 3.09 bits per heavy atom. The Morgan fingerprint density at radius 1 is 1.30 bits per heavy atom. The van der Waals surface area contributed by atoms with Gasteiger partial charge < -0.3 is 5.11 Å². The molecule has 0 radical (unpaired) electrons. The zero-order chi connectivity index (χ0) is 15.9. The maximum Gasteiger partial charge on any atom is 0.115 e. The van der Waals surface area contributed by atoms with Crippen molar-refractivity contribution in [1.82, 2.24) is 4.90 Å². The third kappa shape index (κ3) is 2.35. The topological polar surface area (TPSA) is 47.3 Å². The van der Waals surface area contributed by atoms with E-state index in [2.05, 4.69) is 23.1 Å². The molecule has 3 heteroatoms. The molecular formula is C20H26N2O. The van der Waals surface area contributed by atoms with Crippen molar-refractivity contribution >= 4 is 0 Å². The van der Waals surface area contributed by atoms with E-state index in [-0.39, 0.29) is 0 Å². The third-order valence-electron chi connectivity index (χ3n) is 6.67. The van der Waals surface area contributed by atoms with Crippen molar-refractivity contribution in [3.63, 3.8) is 0 Å². The van der Waals surface area contributed by atoms with Gasteiger partial charge in [0.05, 0.1) is 6.07 Å². The minimum Gasteiger partial charge on any atom is -0.508 e. The quantitative estimate of drug-likeness (QED) is 0.865. The highest BCUT2D eigenvalue weighted by atomic mass is 16.3. The number of hydrogen-bond donors (Lipinski definition) is 1. The van der Waals surface area contributed by atoms with Crippen LogP contribution in [0.5, 0.6) is 5.75 Å². The largest absolute Gasteiger partial charge is 0.508 e. The van der Waals surface area contributed by atoms with Crippen molar-refractivity contribution in [2.45, 2.75) is 62.8 Å². The number of piperidine rings is 1. The van der Waals surface area contributed by atoms with Crippen LogP contribution >= 0.6 is 0 Å². The van der Waals surface area contributed by atoms with E-state index in [9.17, 15) is 5.11 Å². The summed E-state index contributed by atoms with van der Waals surface area (Å²) in [6.45, 7) is 2.22. The summed E-state index contributed by atoms with van der Waals surface area (Å²) in [7, 11) is 0. The summed E-state index contributed by atoms with van der Waals surface area (Å²) in [5.41, 5.74) is 3.21. The summed E-state index contributed by atoms with van der Waals surface area (Å²) in [5, 5.41) is 18.8. The first-order valence-electron chi connectivity index (χ1n) is 9.18. The molecule has 1 aromatic rings. The SMILES string of the molecule is N#CCCCN1CC[C@]23CCCC[C@H]2[C@@H]1Cc1ccc(O)cc13. The van der Waals surface area contributed by atoms with E-state index in [1.165, 1.54) is 43.2 Å². The second-order valence-electron chi connectivity index (χ2n) is 7.67. The second kappa shape index (κ2) is 5.83. The molecule has 1 N–H and O–H groups in total. The molecule has 4 rings (SSSR count). The van der Waals surface area contributed by atoms with E-state index in [0.717, 1.165) is 31.8 Å². The number of benzene rings is 1. The van der Waals surface area contributed by atoms with Gasteiger partial charge in [-0.2, -0.15) is 5.26 Å². The molecule has 2 fully saturated rings. The summed E-state index contributed by atoms with van der Waals surface area (Å²) in [4.78, 5) is 2.67. The Kier molecular flexibility index (Phi) is 3.81. The molecule has 1 saturated carbocycles. The van der Waals surface area contributed by atoms with E-state index in [1.807, 2.05) is 6.07 Å². The van der Waals surface area contributed by atoms with Crippen LogP contribution in [0, 0.1) is 17.2 Å². The Balaban J connectivity index is 1.70. The summed E-state index contributed by atoms with van der Waals surface area (Å²) in [6, 6.07) is 9.00. The molecule has 0 amide bonds. The van der Waals surface area contributed by atoms with Gasteiger partial charge in [-0.25, -0.2) is 0 Å². The lowest BCUT2D eigenvalue weighted by Crippen LogP contribution is -2.60. The molecule has 1 heterocycles. The van der Waals surface area contributed by atoms with Crippen LogP contribution < -0.4 is 0 Å². The molecule has 122 valence electrons. The minimum atomic E-state index is 0.307. The highest BCUT2D eigenvalue weighted by Gasteiger charge is 2.53. The smallest absolute Gasteiger partial charge is 0.115 e. The van der Waals surface area contributed by atoms with E-state index in [1.54, 1.807) is 0 Å². The number of likely N-dealkylation sites (tertiary alicyclic amines) is 1. The second-order valence-corrected chi connectivity index (χ2v) is 7.67. The molecule has 0 unspecified atom stereocenters. The van der Waals surface area contributed by atoms with Crippen LogP contribution in [0.2, 0.25) is 0 Å². The summed E-state index contributed by atoms with van der Waals surface area (Å²) in [6.07, 6.45) is 9.30. The maximum atomic E-state index is 10.0. The van der Waals surface area contributed by atoms with Crippen LogP contribution in [0.1, 0.15) is 56.1 Å². The third-order valence-corrected chi connectivity index (χ3v) is 6.67. The van der Waals surface area contributed by atoms with Gasteiger partial charge in [-0.1, -0.05) is 18.9 Å². The normalized spacial score (nSPS) is 32.7. The van der Waals surface area contributed by atoms with Crippen molar-refractivity contribution in [2.24, 2.45) is 5.92 Å². The summed E-state index contributed by atoms with van der Waals surface area (Å²) >= 11 is 0. The monoisotopic (exact) mass is 310 g/mol. The van der Waals surface area contributed by atoms with Crippen molar-refractivity contribution in [2.75, 3.05) is 13.1 Å². The lowest BCUT2D eigenvalue weighted by Gasteiger charge is -2.59. The molecule has 3 nitrogen and oxygen atoms in total. The summed E-state index contributed by atoms with van der Waals surface area (Å²) < 4.78 is 0. The average molecular weight is 310 g/mol. The Labute approximate surface area is 138 Å². The highest BCUT2D eigenvalue weighted by molar-refractivity contribution is 5.45. The number of phenols is 1. The van der Waals surface area contributed by atoms with Gasteiger partial charge in [0.15, 0.2) is 0 Å². The Morgan fingerprint density at radius 2 is 2.22 bits per heavy atom. The van der Waals surface area contributed by atoms with Crippen LogP contribution in [0.4, 0.5) is 0 Å². The first-order valence-corrected chi connectivity index (χ1v) is 9.18. The highest BCUT2D eigenvalue weighted by Crippen LogP contribution is 2.56. The van der Waals surface area contributed by atoms with Crippen LogP contribution in [0.15, 0.2) is 18.2 Å². The van der Waals surface area contributed by atoms with Gasteiger partial charge in [0.1, 0.15) is 5.75 Å². The van der Waals surface area contributed by atoms with E-state index >= 15 is 0 Å². The Bertz CT molecular complexity index is 635. The van der Waals surface area contributed by atoms with Gasteiger partial charge in [0.25, 0.3) is 0 Å². The molecule has 0 aromatic heterocycles. The maximum absolute atomic E-state index is 10.0. The number of rotatable bonds is 3. The molecule has 1 aliphatic heterocycles. The number of unbranched alkanes of at least 4 members (excludes halogenated alkanes) is 1. The zero-order valence-electron chi connectivity index (χ0n) is 13.8. The number of nitrogens with zero attached hydrogens (tertiary/aromatic N) is 2. The van der Waals surface area contributed by atoms with E-state index < -0.39 is 0 Å². The van der Waals surface area contributed by atoms with Crippen molar-refractivity contribution in [1.29, 1.82) is 5.26 Å². The van der Waals surface area contributed by atoms with Gasteiger partial charge in [-0.3, -0.25) is 4.90 Å². The number of aromatic hydroxyl groups is 1. The predicted molar refractivity (Wildman–Crippen MR) is 90.3 cm³/mol. The first-order chi connectivity index (χ1) is 11.2. The minimum absolute atomic E-state index is 0.307. The molecule has 2 aliphatic carbocycles. The zero-order valence-corrected chi connectivity index (χ0v) is 13.8. The first kappa shape index (κ1) is 15.0. The van der Waals surface area contributed by atoms with E-state index in [4.69, 9.17) is 5.26 Å².